The standard InChI is InChI=1S/C28H20Cl2N2O2S/c1-34-19-9-4-8-18(14-19)26-21-13-12-16-6-2-3-10-20(16)25(21)31-28-32(26)27(33)23(35-28)15-17-7-5-11-22(29)24(17)30/h2-11,14-15,26H,12-13H2,1H3. The molecule has 4 aromatic rings. The lowest BCUT2D eigenvalue weighted by molar-refractivity contribution is 0.413. The van der Waals surface area contributed by atoms with Crippen molar-refractivity contribution in [3.05, 3.63) is 124 Å². The van der Waals surface area contributed by atoms with Crippen molar-refractivity contribution in [2.75, 3.05) is 7.11 Å². The van der Waals surface area contributed by atoms with Gasteiger partial charge in [0, 0.05) is 5.56 Å². The van der Waals surface area contributed by atoms with E-state index in [0.29, 0.717) is 24.9 Å². The Bertz CT molecular complexity index is 1700. The molecule has 35 heavy (non-hydrogen) atoms. The second-order valence-corrected chi connectivity index (χ2v) is 10.3. The summed E-state index contributed by atoms with van der Waals surface area (Å²) in [6.07, 6.45) is 3.55. The number of thiazole rings is 1. The first-order chi connectivity index (χ1) is 17.0. The zero-order chi connectivity index (χ0) is 24.1. The SMILES string of the molecule is COc1cccc(C2C3=C(N=c4sc(=Cc5cccc(Cl)c5Cl)c(=O)n42)c2ccccc2CC3)c1. The fourth-order valence-corrected chi connectivity index (χ4v) is 6.26. The third-order valence-corrected chi connectivity index (χ3v) is 8.37. The molecule has 1 unspecified atom stereocenters. The van der Waals surface area contributed by atoms with Gasteiger partial charge in [0.1, 0.15) is 5.75 Å². The summed E-state index contributed by atoms with van der Waals surface area (Å²) >= 11 is 14.0. The van der Waals surface area contributed by atoms with Crippen molar-refractivity contribution in [1.82, 2.24) is 4.57 Å². The number of hydrogen-bond donors (Lipinski definition) is 0. The molecule has 0 saturated carbocycles. The van der Waals surface area contributed by atoms with Crippen LogP contribution in [0.4, 0.5) is 0 Å². The number of aryl methyl sites for hydroxylation is 1. The van der Waals surface area contributed by atoms with Gasteiger partial charge in [0.05, 0.1) is 33.4 Å². The average Bonchev–Trinajstić information content (AvgIpc) is 3.20. The van der Waals surface area contributed by atoms with Gasteiger partial charge >= 0.3 is 0 Å². The highest BCUT2D eigenvalue weighted by molar-refractivity contribution is 7.07. The number of hydrogen-bond acceptors (Lipinski definition) is 4. The maximum atomic E-state index is 13.8. The maximum Gasteiger partial charge on any atom is 0.271 e. The van der Waals surface area contributed by atoms with Gasteiger partial charge in [0.15, 0.2) is 4.80 Å². The molecule has 0 spiro atoms. The molecule has 0 fully saturated rings. The summed E-state index contributed by atoms with van der Waals surface area (Å²) in [5.41, 5.74) is 6.14. The Morgan fingerprint density at radius 3 is 2.74 bits per heavy atom. The number of nitrogens with zero attached hydrogens (tertiary/aromatic N) is 2. The molecule has 4 nitrogen and oxygen atoms in total. The summed E-state index contributed by atoms with van der Waals surface area (Å²) in [6, 6.07) is 21.5. The van der Waals surface area contributed by atoms with Crippen molar-refractivity contribution in [2.24, 2.45) is 4.99 Å². The van der Waals surface area contributed by atoms with Crippen molar-refractivity contribution < 1.29 is 4.74 Å². The molecule has 6 rings (SSSR count). The van der Waals surface area contributed by atoms with Crippen LogP contribution in [0, 0.1) is 0 Å². The predicted molar refractivity (Wildman–Crippen MR) is 142 cm³/mol. The van der Waals surface area contributed by atoms with Crippen molar-refractivity contribution in [3.8, 4) is 5.75 Å². The molecule has 1 aliphatic heterocycles. The minimum Gasteiger partial charge on any atom is -0.497 e. The van der Waals surface area contributed by atoms with Gasteiger partial charge in [-0.15, -0.1) is 0 Å². The highest BCUT2D eigenvalue weighted by Gasteiger charge is 2.32. The Kier molecular flexibility index (Phi) is 5.64. The summed E-state index contributed by atoms with van der Waals surface area (Å²) < 4.78 is 7.89. The van der Waals surface area contributed by atoms with E-state index in [1.54, 1.807) is 19.3 Å². The lowest BCUT2D eigenvalue weighted by atomic mass is 9.83. The van der Waals surface area contributed by atoms with Gasteiger partial charge in [0.2, 0.25) is 0 Å². The maximum absolute atomic E-state index is 13.8. The third-order valence-electron chi connectivity index (χ3n) is 6.55. The first-order valence-corrected chi connectivity index (χ1v) is 12.8. The Labute approximate surface area is 216 Å². The molecule has 174 valence electrons. The van der Waals surface area contributed by atoms with E-state index < -0.39 is 0 Å². The van der Waals surface area contributed by atoms with Crippen molar-refractivity contribution in [1.29, 1.82) is 0 Å². The lowest BCUT2D eigenvalue weighted by Crippen LogP contribution is -2.38. The predicted octanol–water partition coefficient (Wildman–Crippen LogP) is 5.63. The summed E-state index contributed by atoms with van der Waals surface area (Å²) in [7, 11) is 1.65. The molecule has 1 atom stereocenters. The van der Waals surface area contributed by atoms with Crippen molar-refractivity contribution in [3.63, 3.8) is 0 Å². The molecule has 0 amide bonds. The highest BCUT2D eigenvalue weighted by atomic mass is 35.5. The van der Waals surface area contributed by atoms with Gasteiger partial charge in [0.25, 0.3) is 5.56 Å². The van der Waals surface area contributed by atoms with Crippen LogP contribution in [0.2, 0.25) is 10.0 Å². The third kappa shape index (κ3) is 3.75. The van der Waals surface area contributed by atoms with Crippen LogP contribution in [-0.2, 0) is 6.42 Å². The fourth-order valence-electron chi connectivity index (χ4n) is 4.91. The molecule has 2 heterocycles. The van der Waals surface area contributed by atoms with Crippen molar-refractivity contribution in [2.45, 2.75) is 18.9 Å². The minimum atomic E-state index is -0.262. The van der Waals surface area contributed by atoms with Gasteiger partial charge < -0.3 is 4.74 Å². The van der Waals surface area contributed by atoms with Crippen LogP contribution in [0.1, 0.15) is 34.7 Å². The van der Waals surface area contributed by atoms with Crippen LogP contribution in [0.5, 0.6) is 5.75 Å². The number of allylic oxidation sites excluding steroid dienone is 1. The second-order valence-electron chi connectivity index (χ2n) is 8.53. The van der Waals surface area contributed by atoms with Gasteiger partial charge in [-0.05, 0) is 59.4 Å². The monoisotopic (exact) mass is 518 g/mol. The number of aromatic nitrogens is 1. The molecule has 3 aromatic carbocycles. The molecule has 0 saturated heterocycles. The van der Waals surface area contributed by atoms with Crippen LogP contribution in [0.15, 0.2) is 82.1 Å². The van der Waals surface area contributed by atoms with E-state index in [-0.39, 0.29) is 11.6 Å². The summed E-state index contributed by atoms with van der Waals surface area (Å²) in [4.78, 5) is 19.5. The average molecular weight is 519 g/mol. The first-order valence-electron chi connectivity index (χ1n) is 11.3. The number of ether oxygens (including phenoxy) is 1. The summed E-state index contributed by atoms with van der Waals surface area (Å²) in [5.74, 6) is 0.755. The van der Waals surface area contributed by atoms with Crippen LogP contribution >= 0.6 is 34.5 Å². The van der Waals surface area contributed by atoms with Crippen LogP contribution in [-0.4, -0.2) is 11.7 Å². The lowest BCUT2D eigenvalue weighted by Gasteiger charge is -2.31. The van der Waals surface area contributed by atoms with E-state index in [1.165, 1.54) is 16.9 Å². The van der Waals surface area contributed by atoms with Gasteiger partial charge in [-0.2, -0.15) is 0 Å². The summed E-state index contributed by atoms with van der Waals surface area (Å²) in [6.45, 7) is 0. The Balaban J connectivity index is 1.64. The zero-order valence-electron chi connectivity index (χ0n) is 18.8. The molecule has 1 aromatic heterocycles. The molecule has 0 radical (unpaired) electrons. The molecule has 0 bridgehead atoms. The number of rotatable bonds is 3. The van der Waals surface area contributed by atoms with E-state index >= 15 is 0 Å². The van der Waals surface area contributed by atoms with E-state index in [9.17, 15) is 4.79 Å². The Morgan fingerprint density at radius 1 is 1.06 bits per heavy atom. The number of fused-ring (bicyclic) bond motifs is 3. The Morgan fingerprint density at radius 2 is 1.89 bits per heavy atom. The van der Waals surface area contributed by atoms with Gasteiger partial charge in [-0.1, -0.05) is 83.1 Å². The number of benzene rings is 3. The fraction of sp³-hybridized carbons (Fsp3) is 0.143. The molecule has 7 heteroatoms. The molecular weight excluding hydrogens is 499 g/mol. The normalized spacial score (nSPS) is 16.9. The van der Waals surface area contributed by atoms with E-state index in [0.717, 1.165) is 41.0 Å². The second kappa shape index (κ2) is 8.83. The van der Waals surface area contributed by atoms with Gasteiger partial charge in [-0.3, -0.25) is 9.36 Å². The van der Waals surface area contributed by atoms with Crippen LogP contribution in [0.3, 0.4) is 0 Å². The van der Waals surface area contributed by atoms with Crippen molar-refractivity contribution >= 4 is 46.3 Å². The number of methoxy groups -OCH3 is 1. The molecule has 0 N–H and O–H groups in total. The zero-order valence-corrected chi connectivity index (χ0v) is 21.1. The van der Waals surface area contributed by atoms with E-state index in [2.05, 4.69) is 24.3 Å². The Hall–Kier alpha value is -3.12. The first kappa shape index (κ1) is 22.4. The number of halogens is 2. The topological polar surface area (TPSA) is 43.6 Å². The minimum absolute atomic E-state index is 0.0944. The highest BCUT2D eigenvalue weighted by Crippen LogP contribution is 2.41. The summed E-state index contributed by atoms with van der Waals surface area (Å²) in [5, 5.41) is 0.882. The van der Waals surface area contributed by atoms with Crippen LogP contribution < -0.4 is 19.6 Å². The smallest absolute Gasteiger partial charge is 0.271 e. The molecule has 1 aliphatic carbocycles. The molecule has 2 aliphatic rings. The quantitative estimate of drug-likeness (QED) is 0.352. The molecular formula is C28H20Cl2N2O2S. The largest absolute Gasteiger partial charge is 0.497 e. The van der Waals surface area contributed by atoms with E-state index in [1.807, 2.05) is 41.0 Å². The van der Waals surface area contributed by atoms with Crippen LogP contribution in [0.25, 0.3) is 11.8 Å². The van der Waals surface area contributed by atoms with E-state index in [4.69, 9.17) is 32.9 Å². The van der Waals surface area contributed by atoms with Gasteiger partial charge in [-0.25, -0.2) is 4.99 Å².